The Morgan fingerprint density at radius 2 is 1.81 bits per heavy atom. The summed E-state index contributed by atoms with van der Waals surface area (Å²) in [5, 5.41) is 0.992. The minimum Gasteiger partial charge on any atom is -0.288 e. The van der Waals surface area contributed by atoms with Crippen LogP contribution < -0.4 is 5.19 Å². The van der Waals surface area contributed by atoms with Crippen molar-refractivity contribution in [3.8, 4) is 0 Å². The molecule has 0 spiro atoms. The Balaban J connectivity index is 3.24. The number of halogens is 3. The molecular formula is C11H13BrF2OSi. The van der Waals surface area contributed by atoms with Gasteiger partial charge in [-0.1, -0.05) is 46.8 Å². The number of carbonyl (C=O) groups excluding carboxylic acids is 1. The maximum absolute atomic E-state index is 12.3. The lowest BCUT2D eigenvalue weighted by molar-refractivity contribution is 0.0679. The molecule has 1 nitrogen and oxygen atoms in total. The number of Topliss-reactive ketones (excluding diaryl/α,β-unsaturated/α-hetero) is 1. The molecule has 0 fully saturated rings. The highest BCUT2D eigenvalue weighted by molar-refractivity contribution is 9.10. The van der Waals surface area contributed by atoms with Gasteiger partial charge in [-0.15, -0.1) is 0 Å². The van der Waals surface area contributed by atoms with Gasteiger partial charge in [0.25, 0.3) is 0 Å². The predicted octanol–water partition coefficient (Wildman–Crippen LogP) is 3.44. The van der Waals surface area contributed by atoms with E-state index in [1.54, 1.807) is 6.07 Å². The normalized spacial score (nSPS) is 11.9. The maximum atomic E-state index is 12.3. The van der Waals surface area contributed by atoms with E-state index in [1.807, 2.05) is 6.07 Å². The largest absolute Gasteiger partial charge is 0.300 e. The molecular weight excluding hydrogens is 294 g/mol. The summed E-state index contributed by atoms with van der Waals surface area (Å²) in [5.41, 5.74) is 0.0850. The van der Waals surface area contributed by atoms with Gasteiger partial charge in [0.05, 0.1) is 8.07 Å². The van der Waals surface area contributed by atoms with Crippen LogP contribution in [0.5, 0.6) is 0 Å². The molecule has 0 atom stereocenters. The molecule has 1 rings (SSSR count). The van der Waals surface area contributed by atoms with Gasteiger partial charge in [-0.05, 0) is 12.1 Å². The Morgan fingerprint density at radius 1 is 1.25 bits per heavy atom. The van der Waals surface area contributed by atoms with Crippen molar-refractivity contribution in [3.63, 3.8) is 0 Å². The van der Waals surface area contributed by atoms with Crippen molar-refractivity contribution in [2.75, 3.05) is 0 Å². The van der Waals surface area contributed by atoms with Gasteiger partial charge in [-0.3, -0.25) is 4.79 Å². The molecule has 0 bridgehead atoms. The molecule has 0 amide bonds. The molecule has 0 saturated carbocycles. The first-order valence-electron chi connectivity index (χ1n) is 4.85. The van der Waals surface area contributed by atoms with Gasteiger partial charge in [0.1, 0.15) is 0 Å². The summed E-state index contributed by atoms with van der Waals surface area (Å²) in [5.74, 6) is -1.11. The number of benzene rings is 1. The summed E-state index contributed by atoms with van der Waals surface area (Å²) in [4.78, 5) is 11.2. The highest BCUT2D eigenvalue weighted by atomic mass is 79.9. The Morgan fingerprint density at radius 3 is 2.25 bits per heavy atom. The highest BCUT2D eigenvalue weighted by Crippen LogP contribution is 2.16. The van der Waals surface area contributed by atoms with E-state index in [9.17, 15) is 13.6 Å². The summed E-state index contributed by atoms with van der Waals surface area (Å²) in [6.07, 6.45) is -2.94. The Labute approximate surface area is 103 Å². The summed E-state index contributed by atoms with van der Waals surface area (Å²) in [6.45, 7) is 6.31. The van der Waals surface area contributed by atoms with Gasteiger partial charge in [0, 0.05) is 10.0 Å². The zero-order valence-corrected chi connectivity index (χ0v) is 11.9. The van der Waals surface area contributed by atoms with Crippen molar-refractivity contribution < 1.29 is 13.6 Å². The molecule has 16 heavy (non-hydrogen) atoms. The molecule has 5 heteroatoms. The lowest BCUT2D eigenvalue weighted by atomic mass is 10.1. The van der Waals surface area contributed by atoms with Gasteiger partial charge in [0.2, 0.25) is 5.78 Å². The third-order valence-electron chi connectivity index (χ3n) is 2.25. The van der Waals surface area contributed by atoms with Gasteiger partial charge in [-0.2, -0.15) is 0 Å². The first-order valence-corrected chi connectivity index (χ1v) is 9.14. The van der Waals surface area contributed by atoms with Crippen molar-refractivity contribution in [2.45, 2.75) is 26.1 Å². The topological polar surface area (TPSA) is 17.1 Å². The van der Waals surface area contributed by atoms with Crippen LogP contribution in [0.1, 0.15) is 10.4 Å². The van der Waals surface area contributed by atoms with E-state index in [2.05, 4.69) is 35.6 Å². The van der Waals surface area contributed by atoms with Crippen LogP contribution >= 0.6 is 15.9 Å². The lowest BCUT2D eigenvalue weighted by Gasteiger charge is -2.18. The standard InChI is InChI=1S/C11H13BrF2OSi/c1-16(2,3)9-5-7(4-8(12)6-9)10(15)11(13)14/h4-6,11H,1-3H3. The second-order valence-electron chi connectivity index (χ2n) is 4.64. The van der Waals surface area contributed by atoms with E-state index in [0.717, 1.165) is 5.19 Å². The first-order chi connectivity index (χ1) is 7.21. The third kappa shape index (κ3) is 3.22. The van der Waals surface area contributed by atoms with Crippen molar-refractivity contribution in [1.82, 2.24) is 0 Å². The lowest BCUT2D eigenvalue weighted by Crippen LogP contribution is -2.38. The number of alkyl halides is 2. The molecule has 0 aliphatic rings. The van der Waals surface area contributed by atoms with Gasteiger partial charge < -0.3 is 0 Å². The molecule has 0 aromatic heterocycles. The zero-order valence-electron chi connectivity index (χ0n) is 9.35. The van der Waals surface area contributed by atoms with Crippen molar-refractivity contribution in [2.24, 2.45) is 0 Å². The average Bonchev–Trinajstić information content (AvgIpc) is 2.14. The fourth-order valence-corrected chi connectivity index (χ4v) is 3.17. The Kier molecular flexibility index (Phi) is 4.01. The predicted molar refractivity (Wildman–Crippen MR) is 67.5 cm³/mol. The quantitative estimate of drug-likeness (QED) is 0.617. The van der Waals surface area contributed by atoms with E-state index < -0.39 is 20.3 Å². The maximum Gasteiger partial charge on any atom is 0.300 e. The average molecular weight is 307 g/mol. The van der Waals surface area contributed by atoms with Crippen molar-refractivity contribution >= 4 is 35.0 Å². The molecule has 0 unspecified atom stereocenters. The first kappa shape index (κ1) is 13.5. The molecule has 1 aromatic carbocycles. The van der Waals surface area contributed by atoms with Crippen LogP contribution in [0.4, 0.5) is 8.78 Å². The van der Waals surface area contributed by atoms with Crippen molar-refractivity contribution in [1.29, 1.82) is 0 Å². The van der Waals surface area contributed by atoms with Gasteiger partial charge in [0.15, 0.2) is 0 Å². The molecule has 0 radical (unpaired) electrons. The van der Waals surface area contributed by atoms with Crippen molar-refractivity contribution in [3.05, 3.63) is 28.2 Å². The van der Waals surface area contributed by atoms with Crippen LogP contribution in [0.15, 0.2) is 22.7 Å². The minimum absolute atomic E-state index is 0.0850. The smallest absolute Gasteiger partial charge is 0.288 e. The summed E-state index contributed by atoms with van der Waals surface area (Å²) >= 11 is 3.25. The molecule has 0 N–H and O–H groups in total. The van der Waals surface area contributed by atoms with E-state index in [0.29, 0.717) is 4.47 Å². The number of ketones is 1. The fourth-order valence-electron chi connectivity index (χ4n) is 1.29. The Hall–Kier alpha value is -0.553. The highest BCUT2D eigenvalue weighted by Gasteiger charge is 2.22. The molecule has 0 heterocycles. The summed E-state index contributed by atoms with van der Waals surface area (Å²) in [6, 6.07) is 4.93. The Bertz CT molecular complexity index is 413. The summed E-state index contributed by atoms with van der Waals surface area (Å²) in [7, 11) is -1.60. The van der Waals surface area contributed by atoms with E-state index in [1.165, 1.54) is 6.07 Å². The summed E-state index contributed by atoms with van der Waals surface area (Å²) < 4.78 is 25.3. The molecule has 88 valence electrons. The van der Waals surface area contributed by atoms with E-state index >= 15 is 0 Å². The van der Waals surface area contributed by atoms with E-state index in [-0.39, 0.29) is 5.56 Å². The van der Waals surface area contributed by atoms with Crippen LogP contribution in [0, 0.1) is 0 Å². The second kappa shape index (κ2) is 4.75. The number of rotatable bonds is 3. The molecule has 1 aromatic rings. The van der Waals surface area contributed by atoms with Crippen LogP contribution in [-0.2, 0) is 0 Å². The molecule has 0 aliphatic carbocycles. The number of hydrogen-bond acceptors (Lipinski definition) is 1. The van der Waals surface area contributed by atoms with Crippen LogP contribution in [0.25, 0.3) is 0 Å². The zero-order chi connectivity index (χ0) is 12.5. The SMILES string of the molecule is C[Si](C)(C)c1cc(Br)cc(C(=O)C(F)F)c1. The number of hydrogen-bond donors (Lipinski definition) is 0. The monoisotopic (exact) mass is 306 g/mol. The van der Waals surface area contributed by atoms with Crippen LogP contribution in [0.3, 0.4) is 0 Å². The third-order valence-corrected chi connectivity index (χ3v) is 4.73. The molecule has 0 saturated heterocycles. The van der Waals surface area contributed by atoms with Gasteiger partial charge in [-0.25, -0.2) is 8.78 Å². The second-order valence-corrected chi connectivity index (χ2v) is 10.6. The van der Waals surface area contributed by atoms with Crippen LogP contribution in [-0.4, -0.2) is 20.3 Å². The van der Waals surface area contributed by atoms with Crippen LogP contribution in [0.2, 0.25) is 19.6 Å². The van der Waals surface area contributed by atoms with Gasteiger partial charge >= 0.3 is 6.43 Å². The molecule has 0 aliphatic heterocycles. The number of carbonyl (C=O) groups is 1. The van der Waals surface area contributed by atoms with E-state index in [4.69, 9.17) is 0 Å². The fraction of sp³-hybridized carbons (Fsp3) is 0.364. The minimum atomic E-state index is -2.94.